The maximum Gasteiger partial charge on any atom is 0.271 e. The van der Waals surface area contributed by atoms with Crippen LogP contribution in [0.3, 0.4) is 0 Å². The van der Waals surface area contributed by atoms with E-state index in [1.54, 1.807) is 17.0 Å². The highest BCUT2D eigenvalue weighted by atomic mass is 32.2. The van der Waals surface area contributed by atoms with Crippen LogP contribution in [0.2, 0.25) is 0 Å². The lowest BCUT2D eigenvalue weighted by atomic mass is 9.80. The lowest BCUT2D eigenvalue weighted by Gasteiger charge is -2.41. The first-order chi connectivity index (χ1) is 24.6. The molecule has 3 unspecified atom stereocenters. The van der Waals surface area contributed by atoms with Crippen LogP contribution in [0, 0.1) is 11.3 Å². The molecule has 266 valence electrons. The van der Waals surface area contributed by atoms with Crippen molar-refractivity contribution in [1.29, 1.82) is 5.26 Å². The molecule has 13 nitrogen and oxygen atoms in total. The molecular formula is C37H40N6O7S. The summed E-state index contributed by atoms with van der Waals surface area (Å²) in [6.07, 6.45) is 2.16. The molecule has 0 saturated carbocycles. The number of rotatable bonds is 10. The minimum absolute atomic E-state index is 0.0297. The van der Waals surface area contributed by atoms with Gasteiger partial charge in [-0.1, -0.05) is 19.1 Å². The zero-order valence-corrected chi connectivity index (χ0v) is 29.5. The van der Waals surface area contributed by atoms with Gasteiger partial charge in [0.2, 0.25) is 5.89 Å². The molecule has 51 heavy (non-hydrogen) atoms. The van der Waals surface area contributed by atoms with Gasteiger partial charge >= 0.3 is 0 Å². The van der Waals surface area contributed by atoms with Crippen LogP contribution in [-0.4, -0.2) is 98.7 Å². The summed E-state index contributed by atoms with van der Waals surface area (Å²) < 4.78 is 47.1. The number of benzene rings is 3. The maximum absolute atomic E-state index is 15.6. The van der Waals surface area contributed by atoms with Crippen molar-refractivity contribution < 1.29 is 32.2 Å². The topological polar surface area (TPSA) is 153 Å². The molecule has 1 N–H and O–H groups in total. The fourth-order valence-electron chi connectivity index (χ4n) is 7.70. The highest BCUT2D eigenvalue weighted by molar-refractivity contribution is 7.93. The SMILES string of the molecule is CCN1CCN(Cc2ccc(C3(N4CC(O)CC4c4ncco4)C(=O)N(S(=O)(=O)c4ccc(OC)cc4)c4ccc(C#N)cc43)c(OC)c2)CC1. The Labute approximate surface area is 297 Å². The molecule has 1 aromatic heterocycles. The largest absolute Gasteiger partial charge is 0.497 e. The first kappa shape index (κ1) is 34.7. The quantitative estimate of drug-likeness (QED) is 0.256. The number of carbonyl (C=O) groups excluding carboxylic acids is 1. The Morgan fingerprint density at radius 1 is 1.00 bits per heavy atom. The number of nitrogens with zero attached hydrogens (tertiary/aromatic N) is 6. The van der Waals surface area contributed by atoms with Crippen LogP contribution in [0.25, 0.3) is 0 Å². The number of carbonyl (C=O) groups is 1. The van der Waals surface area contributed by atoms with Crippen molar-refractivity contribution in [2.45, 2.75) is 42.5 Å². The van der Waals surface area contributed by atoms with Gasteiger partial charge in [-0.05, 0) is 67.1 Å². The van der Waals surface area contributed by atoms with Crippen molar-refractivity contribution in [3.8, 4) is 17.6 Å². The molecule has 0 radical (unpaired) electrons. The molecule has 4 heterocycles. The highest BCUT2D eigenvalue weighted by Crippen LogP contribution is 2.56. The third kappa shape index (κ3) is 5.84. The van der Waals surface area contributed by atoms with Crippen molar-refractivity contribution in [3.63, 3.8) is 0 Å². The number of aromatic nitrogens is 1. The Morgan fingerprint density at radius 2 is 1.75 bits per heavy atom. The number of ether oxygens (including phenoxy) is 2. The summed E-state index contributed by atoms with van der Waals surface area (Å²) in [5, 5.41) is 21.3. The number of β-amino-alcohol motifs (C(OH)–C–C–N with tert-alkyl or cyclic N) is 1. The fourth-order valence-corrected chi connectivity index (χ4v) is 9.16. The van der Waals surface area contributed by atoms with E-state index in [9.17, 15) is 18.8 Å². The van der Waals surface area contributed by atoms with Crippen molar-refractivity contribution in [2.24, 2.45) is 0 Å². The Balaban J connectivity index is 1.44. The van der Waals surface area contributed by atoms with Gasteiger partial charge in [-0.3, -0.25) is 14.6 Å². The second-order valence-corrected chi connectivity index (χ2v) is 14.8. The second kappa shape index (κ2) is 13.7. The number of piperazine rings is 1. The van der Waals surface area contributed by atoms with Crippen LogP contribution in [0.4, 0.5) is 5.69 Å². The molecule has 3 aliphatic heterocycles. The number of oxazole rings is 1. The van der Waals surface area contributed by atoms with E-state index in [1.807, 2.05) is 12.1 Å². The summed E-state index contributed by atoms with van der Waals surface area (Å²) in [5.74, 6) is 0.260. The number of fused-ring (bicyclic) bond motifs is 1. The number of hydrogen-bond acceptors (Lipinski definition) is 12. The van der Waals surface area contributed by atoms with Crippen LogP contribution in [0.15, 0.2) is 82.4 Å². The molecule has 2 fully saturated rings. The smallest absolute Gasteiger partial charge is 0.271 e. The summed E-state index contributed by atoms with van der Waals surface area (Å²) in [6.45, 7) is 7.55. The van der Waals surface area contributed by atoms with E-state index in [0.29, 0.717) is 23.6 Å². The molecule has 3 aromatic carbocycles. The average molecular weight is 713 g/mol. The Kier molecular flexibility index (Phi) is 9.34. The van der Waals surface area contributed by atoms with Gasteiger partial charge in [0, 0.05) is 50.4 Å². The summed E-state index contributed by atoms with van der Waals surface area (Å²) in [4.78, 5) is 26.3. The molecule has 4 aromatic rings. The Bertz CT molecular complexity index is 2060. The average Bonchev–Trinajstić information content (AvgIpc) is 3.88. The molecule has 0 spiro atoms. The van der Waals surface area contributed by atoms with Crippen LogP contribution >= 0.6 is 0 Å². The minimum atomic E-state index is -4.53. The standard InChI is InChI=1S/C37H40N6O7S/c1-4-40-14-16-41(17-15-40)23-26-5-11-30(34(20-26)49-3)37(42-24-27(44)21-33(42)35-39-13-18-50-35)31-19-25(22-38)6-12-32(31)43(36(37)45)51(46,47)29-9-7-28(48-2)8-10-29/h5-13,18-20,27,33,44H,4,14-17,21,23-24H2,1-3H3. The van der Waals surface area contributed by atoms with Crippen molar-refractivity contribution in [1.82, 2.24) is 19.7 Å². The first-order valence-electron chi connectivity index (χ1n) is 16.9. The van der Waals surface area contributed by atoms with Crippen molar-refractivity contribution >= 4 is 21.6 Å². The van der Waals surface area contributed by atoms with E-state index < -0.39 is 33.6 Å². The molecular weight excluding hydrogens is 673 g/mol. The molecule has 7 rings (SSSR count). The minimum Gasteiger partial charge on any atom is -0.497 e. The van der Waals surface area contributed by atoms with E-state index in [1.165, 1.54) is 63.1 Å². The van der Waals surface area contributed by atoms with Crippen LogP contribution in [0.5, 0.6) is 11.5 Å². The number of anilines is 1. The zero-order valence-electron chi connectivity index (χ0n) is 28.7. The van der Waals surface area contributed by atoms with Gasteiger partial charge in [0.25, 0.3) is 15.9 Å². The Hall–Kier alpha value is -4.78. The molecule has 1 amide bonds. The number of amides is 1. The molecule has 3 atom stereocenters. The van der Waals surface area contributed by atoms with Gasteiger partial charge in [-0.15, -0.1) is 0 Å². The van der Waals surface area contributed by atoms with Gasteiger partial charge in [-0.2, -0.15) is 5.26 Å². The van der Waals surface area contributed by atoms with Gasteiger partial charge < -0.3 is 23.9 Å². The first-order valence-corrected chi connectivity index (χ1v) is 18.3. The van der Waals surface area contributed by atoms with E-state index in [2.05, 4.69) is 27.8 Å². The lowest BCUT2D eigenvalue weighted by Crippen LogP contribution is -2.55. The highest BCUT2D eigenvalue weighted by Gasteiger charge is 2.63. The monoisotopic (exact) mass is 712 g/mol. The number of likely N-dealkylation sites (tertiary alicyclic amines) is 1. The van der Waals surface area contributed by atoms with E-state index in [-0.39, 0.29) is 40.6 Å². The predicted octanol–water partition coefficient (Wildman–Crippen LogP) is 3.49. The van der Waals surface area contributed by atoms with E-state index >= 15 is 4.79 Å². The fraction of sp³-hybridized carbons (Fsp3) is 0.378. The summed E-state index contributed by atoms with van der Waals surface area (Å²) in [7, 11) is -1.54. The summed E-state index contributed by atoms with van der Waals surface area (Å²) >= 11 is 0. The van der Waals surface area contributed by atoms with Crippen LogP contribution in [0.1, 0.15) is 47.5 Å². The zero-order chi connectivity index (χ0) is 35.9. The Morgan fingerprint density at radius 3 is 2.39 bits per heavy atom. The second-order valence-electron chi connectivity index (χ2n) is 13.0. The van der Waals surface area contributed by atoms with E-state index in [4.69, 9.17) is 13.9 Å². The summed E-state index contributed by atoms with van der Waals surface area (Å²) in [6, 6.07) is 17.4. The van der Waals surface area contributed by atoms with Crippen molar-refractivity contribution in [2.75, 3.05) is 57.8 Å². The van der Waals surface area contributed by atoms with Gasteiger partial charge in [-0.25, -0.2) is 17.7 Å². The molecule has 14 heteroatoms. The van der Waals surface area contributed by atoms with Gasteiger partial charge in [0.05, 0.1) is 54.8 Å². The predicted molar refractivity (Wildman–Crippen MR) is 187 cm³/mol. The van der Waals surface area contributed by atoms with Crippen LogP contribution in [-0.2, 0) is 26.9 Å². The number of aliphatic hydroxyl groups is 1. The third-order valence-electron chi connectivity index (χ3n) is 10.2. The normalized spacial score (nSPS) is 23.0. The van der Waals surface area contributed by atoms with Crippen molar-refractivity contribution in [3.05, 3.63) is 101 Å². The number of likely N-dealkylation sites (N-methyl/N-ethyl adjacent to an activating group) is 1. The maximum atomic E-state index is 15.6. The van der Waals surface area contributed by atoms with Gasteiger partial charge in [0.1, 0.15) is 17.8 Å². The number of methoxy groups -OCH3 is 2. The van der Waals surface area contributed by atoms with E-state index in [0.717, 1.165) is 42.6 Å². The number of sulfonamides is 1. The number of aliphatic hydroxyl groups excluding tert-OH is 1. The van der Waals surface area contributed by atoms with Gasteiger partial charge in [0.15, 0.2) is 5.54 Å². The molecule has 0 bridgehead atoms. The number of nitriles is 1. The number of hydrogen-bond donors (Lipinski definition) is 1. The molecule has 2 saturated heterocycles. The molecule has 0 aliphatic carbocycles. The summed E-state index contributed by atoms with van der Waals surface area (Å²) in [5.41, 5.74) is 0.00122. The lowest BCUT2D eigenvalue weighted by molar-refractivity contribution is -0.127. The third-order valence-corrected chi connectivity index (χ3v) is 12.0. The van der Waals surface area contributed by atoms with Crippen LogP contribution < -0.4 is 13.8 Å². The molecule has 3 aliphatic rings.